The Morgan fingerprint density at radius 3 is 2.44 bits per heavy atom. The molecule has 4 aromatic rings. The van der Waals surface area contributed by atoms with Gasteiger partial charge < -0.3 is 0 Å². The fourth-order valence-corrected chi connectivity index (χ4v) is 7.05. The summed E-state index contributed by atoms with van der Waals surface area (Å²) in [6, 6.07) is 20.4. The number of rotatable bonds is 3. The third kappa shape index (κ3) is 3.08. The predicted octanol–water partition coefficient (Wildman–Crippen LogP) is 4.38. The number of aromatic nitrogens is 2. The third-order valence-corrected chi connectivity index (χ3v) is 8.84. The van der Waals surface area contributed by atoms with Gasteiger partial charge in [-0.3, -0.25) is 24.3 Å². The maximum absolute atomic E-state index is 14.5. The van der Waals surface area contributed by atoms with E-state index in [-0.39, 0.29) is 23.4 Å². The average molecular weight is 519 g/mol. The maximum Gasteiger partial charge on any atom is 0.266 e. The van der Waals surface area contributed by atoms with Crippen LogP contribution in [0.4, 0.5) is 5.69 Å². The van der Waals surface area contributed by atoms with Gasteiger partial charge in [0, 0.05) is 11.6 Å². The van der Waals surface area contributed by atoms with Crippen LogP contribution in [0.15, 0.2) is 71.5 Å². The number of para-hydroxylation sites is 2. The van der Waals surface area contributed by atoms with Crippen molar-refractivity contribution in [1.29, 1.82) is 0 Å². The fraction of sp³-hybridized carbons (Fsp3) is 0.312. The molecule has 4 atom stereocenters. The maximum atomic E-state index is 14.5. The molecule has 3 aromatic carbocycles. The van der Waals surface area contributed by atoms with Gasteiger partial charge in [0.05, 0.1) is 34.1 Å². The molecule has 0 bridgehead atoms. The highest BCUT2D eigenvalue weighted by atomic mass is 16.2. The van der Waals surface area contributed by atoms with Crippen LogP contribution >= 0.6 is 0 Å². The van der Waals surface area contributed by atoms with Crippen molar-refractivity contribution in [1.82, 2.24) is 14.9 Å². The Morgan fingerprint density at radius 2 is 1.67 bits per heavy atom. The van der Waals surface area contributed by atoms with Gasteiger partial charge in [-0.1, -0.05) is 50.2 Å². The van der Waals surface area contributed by atoms with Crippen molar-refractivity contribution in [2.75, 3.05) is 4.90 Å². The number of amides is 2. The van der Waals surface area contributed by atoms with E-state index >= 15 is 0 Å². The van der Waals surface area contributed by atoms with Crippen LogP contribution in [-0.4, -0.2) is 27.4 Å². The molecule has 39 heavy (non-hydrogen) atoms. The first-order valence-corrected chi connectivity index (χ1v) is 13.6. The van der Waals surface area contributed by atoms with Gasteiger partial charge in [-0.2, -0.15) is 0 Å². The van der Waals surface area contributed by atoms with E-state index in [2.05, 4.69) is 19.2 Å². The highest BCUT2D eigenvalue weighted by Crippen LogP contribution is 2.56. The molecule has 3 aliphatic heterocycles. The molecule has 0 radical (unpaired) electrons. The molecule has 196 valence electrons. The van der Waals surface area contributed by atoms with Crippen molar-refractivity contribution in [2.45, 2.75) is 45.7 Å². The van der Waals surface area contributed by atoms with E-state index in [1.54, 1.807) is 10.6 Å². The second-order valence-corrected chi connectivity index (χ2v) is 11.6. The van der Waals surface area contributed by atoms with Crippen molar-refractivity contribution in [3.63, 3.8) is 0 Å². The number of anilines is 1. The van der Waals surface area contributed by atoms with Crippen LogP contribution in [0.1, 0.15) is 42.8 Å². The lowest BCUT2D eigenvalue weighted by Gasteiger charge is -2.32. The molecule has 0 unspecified atom stereocenters. The lowest BCUT2D eigenvalue weighted by atomic mass is 9.75. The van der Waals surface area contributed by atoms with E-state index in [0.717, 1.165) is 16.7 Å². The zero-order valence-corrected chi connectivity index (χ0v) is 22.4. The van der Waals surface area contributed by atoms with Crippen molar-refractivity contribution in [2.24, 2.45) is 17.8 Å². The summed E-state index contributed by atoms with van der Waals surface area (Å²) in [6.45, 7) is 8.24. The van der Waals surface area contributed by atoms with Gasteiger partial charge in [0.2, 0.25) is 11.8 Å². The lowest BCUT2D eigenvalue weighted by Crippen LogP contribution is -2.50. The number of carbonyl (C=O) groups is 2. The summed E-state index contributed by atoms with van der Waals surface area (Å²) in [5, 5.41) is 4.29. The SMILES string of the molecule is Cc1ccc(N2C(=O)[C@@H]3[C@H](CC(C)C)N[C@@]4(c5ccccc5-n5c4nc4ccccc4c5=O)[C@H]3C2=O)cc1C. The molecule has 1 aromatic heterocycles. The number of benzene rings is 3. The number of aryl methyl sites for hydroxylation is 2. The quantitative estimate of drug-likeness (QED) is 0.407. The Morgan fingerprint density at radius 1 is 0.923 bits per heavy atom. The first-order chi connectivity index (χ1) is 18.7. The first-order valence-electron chi connectivity index (χ1n) is 13.6. The average Bonchev–Trinajstić information content (AvgIpc) is 3.49. The molecule has 4 heterocycles. The van der Waals surface area contributed by atoms with Gasteiger partial charge in [0.25, 0.3) is 5.56 Å². The standard InChI is InChI=1S/C32H30N4O3/c1-17(2)15-24-26-27(30(39)35(29(26)38)20-14-13-18(3)19(4)16-20)32(34-24)22-10-6-8-12-25(22)36-28(37)21-9-5-7-11-23(21)33-31(32)36/h5-14,16-17,24,26-27,34H,15H2,1-4H3/t24-,26+,27+,32-/m0/s1. The minimum Gasteiger partial charge on any atom is -0.297 e. The third-order valence-electron chi connectivity index (χ3n) is 8.84. The number of nitrogens with one attached hydrogen (secondary N) is 1. The van der Waals surface area contributed by atoms with Gasteiger partial charge in [0.15, 0.2) is 0 Å². The largest absolute Gasteiger partial charge is 0.297 e. The van der Waals surface area contributed by atoms with Gasteiger partial charge in [-0.15, -0.1) is 0 Å². The second-order valence-electron chi connectivity index (χ2n) is 11.6. The highest BCUT2D eigenvalue weighted by Gasteiger charge is 2.69. The zero-order valence-electron chi connectivity index (χ0n) is 22.4. The summed E-state index contributed by atoms with van der Waals surface area (Å²) in [6.07, 6.45) is 0.711. The van der Waals surface area contributed by atoms with E-state index in [1.165, 1.54) is 4.90 Å². The van der Waals surface area contributed by atoms with Crippen molar-refractivity contribution in [3.05, 3.63) is 99.6 Å². The van der Waals surface area contributed by atoms with Crippen LogP contribution in [-0.2, 0) is 15.1 Å². The normalized spacial score (nSPS) is 25.2. The molecule has 1 N–H and O–H groups in total. The molecular formula is C32H30N4O3. The monoisotopic (exact) mass is 518 g/mol. The topological polar surface area (TPSA) is 84.3 Å². The van der Waals surface area contributed by atoms with E-state index in [0.29, 0.717) is 40.4 Å². The minimum atomic E-state index is -1.11. The van der Waals surface area contributed by atoms with Crippen molar-refractivity contribution in [3.8, 4) is 5.69 Å². The summed E-state index contributed by atoms with van der Waals surface area (Å²) < 4.78 is 1.65. The molecule has 0 saturated carbocycles. The molecule has 0 aliphatic carbocycles. The van der Waals surface area contributed by atoms with Crippen LogP contribution in [0.5, 0.6) is 0 Å². The lowest BCUT2D eigenvalue weighted by molar-refractivity contribution is -0.123. The summed E-state index contributed by atoms with van der Waals surface area (Å²) in [4.78, 5) is 49.0. The molecule has 2 fully saturated rings. The Balaban J connectivity index is 1.51. The Labute approximate surface area is 226 Å². The van der Waals surface area contributed by atoms with Crippen molar-refractivity contribution >= 4 is 28.4 Å². The molecule has 7 heteroatoms. The number of hydrogen-bond donors (Lipinski definition) is 1. The van der Waals surface area contributed by atoms with E-state index in [9.17, 15) is 14.4 Å². The molecule has 7 rings (SSSR count). The number of fused-ring (bicyclic) bond motifs is 8. The van der Waals surface area contributed by atoms with E-state index in [4.69, 9.17) is 4.98 Å². The molecular weight excluding hydrogens is 488 g/mol. The molecule has 2 amide bonds. The number of imide groups is 1. The smallest absolute Gasteiger partial charge is 0.266 e. The second kappa shape index (κ2) is 8.20. The summed E-state index contributed by atoms with van der Waals surface area (Å²) in [5.74, 6) is -0.986. The number of hydrogen-bond acceptors (Lipinski definition) is 5. The summed E-state index contributed by atoms with van der Waals surface area (Å²) in [7, 11) is 0. The van der Waals surface area contributed by atoms with Gasteiger partial charge in [-0.05, 0) is 67.6 Å². The number of carbonyl (C=O) groups excluding carboxylic acids is 2. The van der Waals surface area contributed by atoms with Crippen LogP contribution in [0.2, 0.25) is 0 Å². The number of nitrogens with zero attached hydrogens (tertiary/aromatic N) is 3. The van der Waals surface area contributed by atoms with E-state index < -0.39 is 17.4 Å². The fourth-order valence-electron chi connectivity index (χ4n) is 7.05. The van der Waals surface area contributed by atoms with Crippen LogP contribution in [0.3, 0.4) is 0 Å². The van der Waals surface area contributed by atoms with Crippen LogP contribution < -0.4 is 15.8 Å². The van der Waals surface area contributed by atoms with Crippen LogP contribution in [0.25, 0.3) is 16.6 Å². The Bertz CT molecular complexity index is 1770. The van der Waals surface area contributed by atoms with Crippen LogP contribution in [0, 0.1) is 31.6 Å². The van der Waals surface area contributed by atoms with Gasteiger partial charge in [0.1, 0.15) is 11.4 Å². The molecule has 7 nitrogen and oxygen atoms in total. The van der Waals surface area contributed by atoms with E-state index in [1.807, 2.05) is 74.5 Å². The minimum absolute atomic E-state index is 0.173. The summed E-state index contributed by atoms with van der Waals surface area (Å²) >= 11 is 0. The molecule has 1 spiro atoms. The highest BCUT2D eigenvalue weighted by molar-refractivity contribution is 6.23. The molecule has 3 aliphatic rings. The molecule has 2 saturated heterocycles. The predicted molar refractivity (Wildman–Crippen MR) is 150 cm³/mol. The summed E-state index contributed by atoms with van der Waals surface area (Å²) in [5.41, 5.74) is 3.53. The van der Waals surface area contributed by atoms with Crippen molar-refractivity contribution < 1.29 is 9.59 Å². The Hall–Kier alpha value is -4.10. The van der Waals surface area contributed by atoms with Gasteiger partial charge in [-0.25, -0.2) is 9.88 Å². The Kier molecular flexibility index (Phi) is 5.04. The van der Waals surface area contributed by atoms with Gasteiger partial charge >= 0.3 is 0 Å². The first kappa shape index (κ1) is 24.0. The zero-order chi connectivity index (χ0) is 27.2.